The van der Waals surface area contributed by atoms with Crippen LogP contribution in [0.3, 0.4) is 0 Å². The van der Waals surface area contributed by atoms with Crippen molar-refractivity contribution in [3.05, 3.63) is 65.2 Å². The lowest BCUT2D eigenvalue weighted by molar-refractivity contribution is -0.140. The van der Waals surface area contributed by atoms with Gasteiger partial charge in [0.2, 0.25) is 0 Å². The second-order valence-corrected chi connectivity index (χ2v) is 9.44. The number of rotatable bonds is 5. The summed E-state index contributed by atoms with van der Waals surface area (Å²) in [5.74, 6) is 2.43. The number of carbonyl (C=O) groups excluding carboxylic acids is 1. The standard InChI is InChI=1S/C27H32O3/c1-3-27-16-24(28)26-21-12-10-20(29-2)15-19(21)9-11-22(26)23(27)13-14-25(27)30-17-18-7-5-4-6-8-18/h4-8,10,12,15,22-23,25-26H,3,9,11,13-14,16-17H2,1-2H3/t22?,23?,25-,26?,27-/m0/s1. The molecular formula is C27H32O3. The summed E-state index contributed by atoms with van der Waals surface area (Å²) < 4.78 is 11.9. The molecule has 0 amide bonds. The highest BCUT2D eigenvalue weighted by molar-refractivity contribution is 5.88. The van der Waals surface area contributed by atoms with Crippen LogP contribution in [0.5, 0.6) is 5.75 Å². The summed E-state index contributed by atoms with van der Waals surface area (Å²) in [7, 11) is 1.71. The van der Waals surface area contributed by atoms with Gasteiger partial charge in [0.05, 0.1) is 19.8 Å². The lowest BCUT2D eigenvalue weighted by Crippen LogP contribution is -2.50. The van der Waals surface area contributed by atoms with Gasteiger partial charge >= 0.3 is 0 Å². The van der Waals surface area contributed by atoms with Gasteiger partial charge in [-0.25, -0.2) is 0 Å². The molecule has 0 heterocycles. The zero-order valence-electron chi connectivity index (χ0n) is 18.1. The third-order valence-corrected chi connectivity index (χ3v) is 8.30. The maximum atomic E-state index is 13.6. The van der Waals surface area contributed by atoms with Gasteiger partial charge in [0.1, 0.15) is 11.5 Å². The van der Waals surface area contributed by atoms with Crippen LogP contribution in [-0.2, 0) is 22.6 Å². The highest BCUT2D eigenvalue weighted by atomic mass is 16.5. The van der Waals surface area contributed by atoms with Gasteiger partial charge in [-0.2, -0.15) is 0 Å². The number of benzene rings is 2. The Morgan fingerprint density at radius 2 is 1.90 bits per heavy atom. The maximum Gasteiger partial charge on any atom is 0.141 e. The van der Waals surface area contributed by atoms with Gasteiger partial charge in [-0.15, -0.1) is 0 Å². The first-order chi connectivity index (χ1) is 14.7. The molecule has 0 bridgehead atoms. The van der Waals surface area contributed by atoms with E-state index in [0.717, 1.165) is 31.4 Å². The zero-order valence-corrected chi connectivity index (χ0v) is 18.1. The molecule has 3 nitrogen and oxygen atoms in total. The summed E-state index contributed by atoms with van der Waals surface area (Å²) in [5, 5.41) is 0. The molecule has 2 aromatic carbocycles. The number of fused-ring (bicyclic) bond motifs is 5. The quantitative estimate of drug-likeness (QED) is 0.641. The minimum Gasteiger partial charge on any atom is -0.497 e. The molecule has 3 aliphatic rings. The Morgan fingerprint density at radius 1 is 1.07 bits per heavy atom. The fraction of sp³-hybridized carbons (Fsp3) is 0.519. The zero-order chi connectivity index (χ0) is 20.7. The average Bonchev–Trinajstić information content (AvgIpc) is 3.16. The normalized spacial score (nSPS) is 32.3. The minimum absolute atomic E-state index is 0.0109. The molecule has 3 heteroatoms. The van der Waals surface area contributed by atoms with E-state index in [0.29, 0.717) is 30.6 Å². The van der Waals surface area contributed by atoms with E-state index >= 15 is 0 Å². The van der Waals surface area contributed by atoms with Crippen LogP contribution in [0.15, 0.2) is 48.5 Å². The second-order valence-electron chi connectivity index (χ2n) is 9.44. The van der Waals surface area contributed by atoms with Crippen molar-refractivity contribution in [2.45, 2.75) is 64.1 Å². The van der Waals surface area contributed by atoms with Gasteiger partial charge < -0.3 is 9.47 Å². The van der Waals surface area contributed by atoms with Crippen molar-refractivity contribution in [1.29, 1.82) is 0 Å². The molecule has 2 saturated carbocycles. The first-order valence-electron chi connectivity index (χ1n) is 11.5. The third kappa shape index (κ3) is 3.10. The molecule has 158 valence electrons. The van der Waals surface area contributed by atoms with Crippen molar-refractivity contribution in [3.63, 3.8) is 0 Å². The van der Waals surface area contributed by atoms with Crippen LogP contribution in [0.2, 0.25) is 0 Å². The highest BCUT2D eigenvalue weighted by Gasteiger charge is 2.59. The van der Waals surface area contributed by atoms with Crippen LogP contribution in [0.1, 0.15) is 61.6 Å². The van der Waals surface area contributed by atoms with E-state index in [1.165, 1.54) is 23.1 Å². The third-order valence-electron chi connectivity index (χ3n) is 8.30. The van der Waals surface area contributed by atoms with Crippen molar-refractivity contribution in [1.82, 2.24) is 0 Å². The van der Waals surface area contributed by atoms with E-state index in [-0.39, 0.29) is 17.4 Å². The lowest BCUT2D eigenvalue weighted by atomic mass is 9.53. The van der Waals surface area contributed by atoms with Crippen LogP contribution in [0.4, 0.5) is 0 Å². The average molecular weight is 405 g/mol. The van der Waals surface area contributed by atoms with E-state index in [9.17, 15) is 4.79 Å². The van der Waals surface area contributed by atoms with Crippen LogP contribution < -0.4 is 4.74 Å². The number of ketones is 1. The topological polar surface area (TPSA) is 35.5 Å². The van der Waals surface area contributed by atoms with Crippen LogP contribution >= 0.6 is 0 Å². The molecule has 30 heavy (non-hydrogen) atoms. The number of hydrogen-bond acceptors (Lipinski definition) is 3. The fourth-order valence-corrected chi connectivity index (χ4v) is 6.89. The molecule has 0 aromatic heterocycles. The molecule has 0 aliphatic heterocycles. The summed E-state index contributed by atoms with van der Waals surface area (Å²) >= 11 is 0. The predicted molar refractivity (Wildman–Crippen MR) is 118 cm³/mol. The summed E-state index contributed by atoms with van der Waals surface area (Å²) in [6.45, 7) is 2.91. The Hall–Kier alpha value is -2.13. The summed E-state index contributed by atoms with van der Waals surface area (Å²) in [5.41, 5.74) is 3.79. The van der Waals surface area contributed by atoms with E-state index in [4.69, 9.17) is 9.47 Å². The smallest absolute Gasteiger partial charge is 0.141 e. The number of ether oxygens (including phenoxy) is 2. The molecule has 0 spiro atoms. The summed E-state index contributed by atoms with van der Waals surface area (Å²) in [4.78, 5) is 13.6. The molecule has 5 atom stereocenters. The number of hydrogen-bond donors (Lipinski definition) is 0. The molecular weight excluding hydrogens is 372 g/mol. The Bertz CT molecular complexity index is 921. The van der Waals surface area contributed by atoms with Gasteiger partial charge in [-0.05, 0) is 72.8 Å². The van der Waals surface area contributed by atoms with Crippen molar-refractivity contribution in [2.24, 2.45) is 17.3 Å². The van der Waals surface area contributed by atoms with Gasteiger partial charge in [-0.3, -0.25) is 4.79 Å². The Labute approximate surface area is 179 Å². The first-order valence-corrected chi connectivity index (χ1v) is 11.5. The van der Waals surface area contributed by atoms with Crippen molar-refractivity contribution >= 4 is 5.78 Å². The molecule has 0 N–H and O–H groups in total. The van der Waals surface area contributed by atoms with Crippen molar-refractivity contribution in [2.75, 3.05) is 7.11 Å². The largest absolute Gasteiger partial charge is 0.497 e. The summed E-state index contributed by atoms with van der Waals surface area (Å²) in [6.07, 6.45) is 6.31. The molecule has 3 aliphatic carbocycles. The van der Waals surface area contributed by atoms with E-state index in [2.05, 4.69) is 43.3 Å². The van der Waals surface area contributed by atoms with Crippen LogP contribution in [0.25, 0.3) is 0 Å². The molecule has 2 aromatic rings. The van der Waals surface area contributed by atoms with E-state index < -0.39 is 0 Å². The monoisotopic (exact) mass is 404 g/mol. The highest BCUT2D eigenvalue weighted by Crippen LogP contribution is 2.62. The molecule has 5 rings (SSSR count). The van der Waals surface area contributed by atoms with Crippen molar-refractivity contribution in [3.8, 4) is 5.75 Å². The number of Topliss-reactive ketones (excluding diaryl/α,β-unsaturated/α-hetero) is 1. The van der Waals surface area contributed by atoms with E-state index in [1.54, 1.807) is 7.11 Å². The fourth-order valence-electron chi connectivity index (χ4n) is 6.89. The maximum absolute atomic E-state index is 13.6. The molecule has 0 radical (unpaired) electrons. The minimum atomic E-state index is 0.0109. The second kappa shape index (κ2) is 7.85. The lowest BCUT2D eigenvalue weighted by Gasteiger charge is -2.51. The van der Waals surface area contributed by atoms with Gasteiger partial charge in [0.25, 0.3) is 0 Å². The van der Waals surface area contributed by atoms with E-state index in [1.807, 2.05) is 12.1 Å². The molecule has 2 fully saturated rings. The van der Waals surface area contributed by atoms with Crippen LogP contribution in [-0.4, -0.2) is 19.0 Å². The molecule has 3 unspecified atom stereocenters. The Kier molecular flexibility index (Phi) is 5.18. The number of carbonyl (C=O) groups is 1. The van der Waals surface area contributed by atoms with Gasteiger partial charge in [-0.1, -0.05) is 43.3 Å². The number of methoxy groups -OCH3 is 1. The predicted octanol–water partition coefficient (Wildman–Crippen LogP) is 5.71. The Morgan fingerprint density at radius 3 is 2.67 bits per heavy atom. The van der Waals surface area contributed by atoms with Gasteiger partial charge in [0.15, 0.2) is 0 Å². The Balaban J connectivity index is 1.41. The summed E-state index contributed by atoms with van der Waals surface area (Å²) in [6, 6.07) is 16.7. The number of aryl methyl sites for hydroxylation is 1. The van der Waals surface area contributed by atoms with Crippen LogP contribution in [0, 0.1) is 17.3 Å². The molecule has 0 saturated heterocycles. The van der Waals surface area contributed by atoms with Crippen molar-refractivity contribution < 1.29 is 14.3 Å². The first kappa shape index (κ1) is 19.8. The SMILES string of the molecule is CC[C@]12CC(=O)C3c4ccc(OC)cc4CCC3C1CC[C@@H]2OCc1ccccc1. The van der Waals surface area contributed by atoms with Gasteiger partial charge in [0, 0.05) is 17.8 Å².